The first-order valence-electron chi connectivity index (χ1n) is 3.05. The van der Waals surface area contributed by atoms with Crippen molar-refractivity contribution in [1.29, 1.82) is 0 Å². The molecule has 0 bridgehead atoms. The zero-order valence-corrected chi connectivity index (χ0v) is 5.52. The third kappa shape index (κ3) is 1.85. The van der Waals surface area contributed by atoms with Gasteiger partial charge >= 0.3 is 0 Å². The van der Waals surface area contributed by atoms with Crippen LogP contribution in [0.3, 0.4) is 0 Å². The van der Waals surface area contributed by atoms with Gasteiger partial charge in [0.1, 0.15) is 0 Å². The van der Waals surface area contributed by atoms with Gasteiger partial charge in [-0.2, -0.15) is 0 Å². The molecule has 0 aliphatic heterocycles. The van der Waals surface area contributed by atoms with Crippen LogP contribution in [0.25, 0.3) is 0 Å². The standard InChI is InChI=1S/C6H11N3.H2/c1-7-3-2-6-4-8-5-9-6;/h4-5,7H,2-3H2,1H3,(H,8,9);1H. The van der Waals surface area contributed by atoms with Gasteiger partial charge in [0.2, 0.25) is 0 Å². The Kier molecular flexibility index (Phi) is 2.27. The molecule has 0 saturated heterocycles. The summed E-state index contributed by atoms with van der Waals surface area (Å²) in [5.74, 6) is 0. The van der Waals surface area contributed by atoms with Crippen LogP contribution in [0.2, 0.25) is 0 Å². The molecule has 0 radical (unpaired) electrons. The zero-order chi connectivity index (χ0) is 6.53. The molecule has 0 saturated carbocycles. The van der Waals surface area contributed by atoms with Crippen molar-refractivity contribution >= 4 is 0 Å². The van der Waals surface area contributed by atoms with Crippen molar-refractivity contribution in [3.8, 4) is 0 Å². The molecule has 3 nitrogen and oxygen atoms in total. The van der Waals surface area contributed by atoms with E-state index in [2.05, 4.69) is 15.3 Å². The Morgan fingerprint density at radius 3 is 3.33 bits per heavy atom. The third-order valence-corrected chi connectivity index (χ3v) is 1.20. The largest absolute Gasteiger partial charge is 0.348 e. The van der Waals surface area contributed by atoms with E-state index in [9.17, 15) is 0 Å². The number of aromatic amines is 1. The summed E-state index contributed by atoms with van der Waals surface area (Å²) in [4.78, 5) is 6.91. The predicted molar refractivity (Wildman–Crippen MR) is 38.3 cm³/mol. The fourth-order valence-corrected chi connectivity index (χ4v) is 0.681. The molecular weight excluding hydrogens is 114 g/mol. The lowest BCUT2D eigenvalue weighted by atomic mass is 10.3. The lowest BCUT2D eigenvalue weighted by molar-refractivity contribution is 0.780. The van der Waals surface area contributed by atoms with Crippen molar-refractivity contribution in [2.24, 2.45) is 0 Å². The lowest BCUT2D eigenvalue weighted by Gasteiger charge is -1.93. The Bertz CT molecular complexity index is 150. The molecule has 2 N–H and O–H groups in total. The van der Waals surface area contributed by atoms with Crippen LogP contribution in [0, 0.1) is 0 Å². The molecule has 9 heavy (non-hydrogen) atoms. The summed E-state index contributed by atoms with van der Waals surface area (Å²) in [6.45, 7) is 1.00. The monoisotopic (exact) mass is 127 g/mol. The topological polar surface area (TPSA) is 40.7 Å². The Morgan fingerprint density at radius 1 is 1.89 bits per heavy atom. The Morgan fingerprint density at radius 2 is 2.78 bits per heavy atom. The number of nitrogens with zero attached hydrogens (tertiary/aromatic N) is 1. The van der Waals surface area contributed by atoms with Gasteiger partial charge in [-0.3, -0.25) is 0 Å². The molecule has 0 aliphatic carbocycles. The van der Waals surface area contributed by atoms with Crippen LogP contribution in [-0.4, -0.2) is 23.6 Å². The highest BCUT2D eigenvalue weighted by molar-refractivity contribution is 4.94. The van der Waals surface area contributed by atoms with Gasteiger partial charge in [0.15, 0.2) is 0 Å². The average molecular weight is 127 g/mol. The number of hydrogen-bond acceptors (Lipinski definition) is 2. The second-order valence-electron chi connectivity index (χ2n) is 1.93. The van der Waals surface area contributed by atoms with Gasteiger partial charge in [-0.25, -0.2) is 4.98 Å². The molecule has 0 fully saturated rings. The van der Waals surface area contributed by atoms with Gasteiger partial charge < -0.3 is 10.3 Å². The van der Waals surface area contributed by atoms with Crippen LogP contribution in [-0.2, 0) is 6.42 Å². The van der Waals surface area contributed by atoms with Gasteiger partial charge in [0.05, 0.1) is 6.33 Å². The number of hydrogen-bond donors (Lipinski definition) is 2. The smallest absolute Gasteiger partial charge is 0.0921 e. The van der Waals surface area contributed by atoms with E-state index >= 15 is 0 Å². The molecule has 1 aromatic heterocycles. The molecule has 1 rings (SSSR count). The number of aromatic nitrogens is 2. The van der Waals surface area contributed by atoms with Crippen LogP contribution < -0.4 is 5.32 Å². The minimum atomic E-state index is 0. The molecule has 0 unspecified atom stereocenters. The summed E-state index contributed by atoms with van der Waals surface area (Å²) in [5.41, 5.74) is 1.18. The van der Waals surface area contributed by atoms with Crippen LogP contribution in [0.4, 0.5) is 0 Å². The quantitative estimate of drug-likeness (QED) is 0.617. The van der Waals surface area contributed by atoms with E-state index in [4.69, 9.17) is 0 Å². The SMILES string of the molecule is CNCCc1cnc[nH]1.[HH]. The van der Waals surface area contributed by atoms with E-state index in [1.165, 1.54) is 5.69 Å². The van der Waals surface area contributed by atoms with Crippen molar-refractivity contribution < 1.29 is 1.43 Å². The molecular formula is C6H13N3. The molecule has 0 aliphatic rings. The highest BCUT2D eigenvalue weighted by Crippen LogP contribution is 1.89. The Labute approximate surface area is 56.0 Å². The highest BCUT2D eigenvalue weighted by Gasteiger charge is 1.89. The molecule has 0 atom stereocenters. The van der Waals surface area contributed by atoms with E-state index in [0.717, 1.165) is 13.0 Å². The number of H-pyrrole nitrogens is 1. The van der Waals surface area contributed by atoms with Gasteiger partial charge in [0, 0.05) is 26.3 Å². The molecule has 0 amide bonds. The highest BCUT2D eigenvalue weighted by atomic mass is 14.9. The molecule has 3 heteroatoms. The summed E-state index contributed by atoms with van der Waals surface area (Å²) in [7, 11) is 1.94. The van der Waals surface area contributed by atoms with Crippen molar-refractivity contribution in [3.05, 3.63) is 18.2 Å². The van der Waals surface area contributed by atoms with E-state index in [0.29, 0.717) is 0 Å². The van der Waals surface area contributed by atoms with Crippen LogP contribution >= 0.6 is 0 Å². The van der Waals surface area contributed by atoms with Gasteiger partial charge in [-0.15, -0.1) is 0 Å². The first kappa shape index (κ1) is 6.29. The second kappa shape index (κ2) is 3.25. The van der Waals surface area contributed by atoms with Crippen LogP contribution in [0.15, 0.2) is 12.5 Å². The summed E-state index contributed by atoms with van der Waals surface area (Å²) < 4.78 is 0. The van der Waals surface area contributed by atoms with Gasteiger partial charge in [-0.1, -0.05) is 0 Å². The summed E-state index contributed by atoms with van der Waals surface area (Å²) >= 11 is 0. The Hall–Kier alpha value is -0.830. The zero-order valence-electron chi connectivity index (χ0n) is 5.52. The van der Waals surface area contributed by atoms with E-state index in [1.807, 2.05) is 13.2 Å². The van der Waals surface area contributed by atoms with E-state index in [-0.39, 0.29) is 1.43 Å². The van der Waals surface area contributed by atoms with Crippen molar-refractivity contribution in [2.75, 3.05) is 13.6 Å². The minimum absolute atomic E-state index is 0. The summed E-state index contributed by atoms with van der Waals surface area (Å²) in [5, 5.41) is 3.06. The maximum Gasteiger partial charge on any atom is 0.0921 e. The fraction of sp³-hybridized carbons (Fsp3) is 0.500. The number of nitrogens with one attached hydrogen (secondary N) is 2. The molecule has 0 spiro atoms. The maximum absolute atomic E-state index is 3.89. The molecule has 52 valence electrons. The summed E-state index contributed by atoms with van der Waals surface area (Å²) in [6, 6.07) is 0. The van der Waals surface area contributed by atoms with Crippen LogP contribution in [0.1, 0.15) is 7.12 Å². The minimum Gasteiger partial charge on any atom is -0.348 e. The third-order valence-electron chi connectivity index (χ3n) is 1.20. The number of imidazole rings is 1. The van der Waals surface area contributed by atoms with Gasteiger partial charge in [-0.05, 0) is 7.05 Å². The normalized spacial score (nSPS) is 9.89. The first-order valence-corrected chi connectivity index (χ1v) is 3.05. The van der Waals surface area contributed by atoms with Crippen molar-refractivity contribution in [3.63, 3.8) is 0 Å². The maximum atomic E-state index is 3.89. The summed E-state index contributed by atoms with van der Waals surface area (Å²) in [6.07, 6.45) is 4.57. The molecule has 0 aromatic carbocycles. The van der Waals surface area contributed by atoms with Gasteiger partial charge in [0.25, 0.3) is 0 Å². The lowest BCUT2D eigenvalue weighted by Crippen LogP contribution is -2.10. The molecule has 1 heterocycles. The second-order valence-corrected chi connectivity index (χ2v) is 1.93. The van der Waals surface area contributed by atoms with Crippen molar-refractivity contribution in [1.82, 2.24) is 15.3 Å². The fourth-order valence-electron chi connectivity index (χ4n) is 0.681. The average Bonchev–Trinajstić information content (AvgIpc) is 2.34. The number of likely N-dealkylation sites (N-methyl/N-ethyl adjacent to an activating group) is 1. The first-order chi connectivity index (χ1) is 4.43. The number of rotatable bonds is 3. The van der Waals surface area contributed by atoms with E-state index in [1.54, 1.807) is 6.33 Å². The van der Waals surface area contributed by atoms with E-state index < -0.39 is 0 Å². The van der Waals surface area contributed by atoms with Crippen molar-refractivity contribution in [2.45, 2.75) is 6.42 Å². The predicted octanol–water partition coefficient (Wildman–Crippen LogP) is 0.418. The Balaban J connectivity index is 0.000000810. The van der Waals surface area contributed by atoms with Crippen LogP contribution in [0.5, 0.6) is 0 Å². The molecule has 1 aromatic rings.